The molecule has 0 unspecified atom stereocenters. The summed E-state index contributed by atoms with van der Waals surface area (Å²) in [6.45, 7) is -1.14. The molecule has 0 spiro atoms. The molecule has 1 aromatic rings. The number of nitrogens with one attached hydrogen (secondary N) is 1. The Labute approximate surface area is 97.4 Å². The summed E-state index contributed by atoms with van der Waals surface area (Å²) in [7, 11) is 0. The zero-order chi connectivity index (χ0) is 12.3. The van der Waals surface area contributed by atoms with Gasteiger partial charge in [-0.05, 0) is 25.7 Å². The molecule has 96 valence electrons. The minimum Gasteiger partial charge on any atom is -0.372 e. The predicted octanol–water partition coefficient (Wildman–Crippen LogP) is 2.41. The fourth-order valence-electron chi connectivity index (χ4n) is 1.99. The van der Waals surface area contributed by atoms with Crippen molar-refractivity contribution >= 4 is 0 Å². The molecule has 0 bridgehead atoms. The smallest absolute Gasteiger partial charge is 0.372 e. The maximum absolute atomic E-state index is 11.8. The van der Waals surface area contributed by atoms with Crippen LogP contribution in [0.3, 0.4) is 0 Å². The molecule has 0 fully saturated rings. The van der Waals surface area contributed by atoms with E-state index in [1.165, 1.54) is 0 Å². The topological polar surface area (TPSA) is 37.9 Å². The highest BCUT2D eigenvalue weighted by atomic mass is 19.4. The maximum Gasteiger partial charge on any atom is 0.411 e. The molecule has 17 heavy (non-hydrogen) atoms. The van der Waals surface area contributed by atoms with Crippen LogP contribution >= 0.6 is 0 Å². The summed E-state index contributed by atoms with van der Waals surface area (Å²) in [4.78, 5) is 7.53. The molecular weight excluding hydrogens is 233 g/mol. The number of nitrogens with zero attached hydrogens (tertiary/aromatic N) is 1. The summed E-state index contributed by atoms with van der Waals surface area (Å²) in [5, 5.41) is 0. The van der Waals surface area contributed by atoms with E-state index in [0.717, 1.165) is 42.9 Å². The Hall–Kier alpha value is -1.04. The number of halogens is 3. The number of hydrogen-bond acceptors (Lipinski definition) is 2. The largest absolute Gasteiger partial charge is 0.411 e. The van der Waals surface area contributed by atoms with E-state index >= 15 is 0 Å². The second-order valence-corrected chi connectivity index (χ2v) is 4.23. The Kier molecular flexibility index (Phi) is 3.71. The van der Waals surface area contributed by atoms with E-state index in [4.69, 9.17) is 0 Å². The molecule has 3 nitrogen and oxygen atoms in total. The van der Waals surface area contributed by atoms with Crippen molar-refractivity contribution in [3.8, 4) is 0 Å². The molecule has 0 aliphatic heterocycles. The van der Waals surface area contributed by atoms with Gasteiger partial charge in [0.2, 0.25) is 0 Å². The van der Waals surface area contributed by atoms with Gasteiger partial charge in [0.1, 0.15) is 12.4 Å². The highest BCUT2D eigenvalue weighted by Gasteiger charge is 2.27. The SMILES string of the molecule is FC(F)(F)COCCc1nc2c([nH]1)CCCC2. The number of rotatable bonds is 4. The number of hydrogen-bond donors (Lipinski definition) is 1. The third-order valence-electron chi connectivity index (χ3n) is 2.75. The van der Waals surface area contributed by atoms with Gasteiger partial charge in [0.15, 0.2) is 0 Å². The molecule has 0 amide bonds. The van der Waals surface area contributed by atoms with Crippen molar-refractivity contribution in [3.63, 3.8) is 0 Å². The normalized spacial score (nSPS) is 15.9. The van der Waals surface area contributed by atoms with E-state index in [0.29, 0.717) is 6.42 Å². The van der Waals surface area contributed by atoms with Gasteiger partial charge in [-0.1, -0.05) is 0 Å². The summed E-state index contributed by atoms with van der Waals surface area (Å²) >= 11 is 0. The van der Waals surface area contributed by atoms with E-state index in [9.17, 15) is 13.2 Å². The Balaban J connectivity index is 1.77. The first-order valence-corrected chi connectivity index (χ1v) is 5.76. The summed E-state index contributed by atoms with van der Waals surface area (Å²) in [5.41, 5.74) is 2.21. The first-order valence-electron chi connectivity index (χ1n) is 5.76. The van der Waals surface area contributed by atoms with Crippen LogP contribution in [-0.4, -0.2) is 29.4 Å². The lowest BCUT2D eigenvalue weighted by molar-refractivity contribution is -0.173. The Bertz CT molecular complexity index is 350. The molecule has 2 rings (SSSR count). The molecule has 1 N–H and O–H groups in total. The maximum atomic E-state index is 11.8. The van der Waals surface area contributed by atoms with Crippen LogP contribution in [0.15, 0.2) is 0 Å². The van der Waals surface area contributed by atoms with Crippen molar-refractivity contribution in [3.05, 3.63) is 17.2 Å². The van der Waals surface area contributed by atoms with Crippen molar-refractivity contribution in [1.29, 1.82) is 0 Å². The first-order chi connectivity index (χ1) is 8.04. The Morgan fingerprint density at radius 1 is 1.24 bits per heavy atom. The molecule has 0 atom stereocenters. The average molecular weight is 248 g/mol. The van der Waals surface area contributed by atoms with Crippen LogP contribution in [0.5, 0.6) is 0 Å². The number of alkyl halides is 3. The summed E-state index contributed by atoms with van der Waals surface area (Å²) in [6.07, 6.45) is 0.410. The van der Waals surface area contributed by atoms with E-state index in [1.54, 1.807) is 0 Å². The zero-order valence-electron chi connectivity index (χ0n) is 9.44. The lowest BCUT2D eigenvalue weighted by Gasteiger charge is -2.07. The number of aromatic amines is 1. The number of ether oxygens (including phenoxy) is 1. The molecule has 1 heterocycles. The van der Waals surface area contributed by atoms with E-state index in [2.05, 4.69) is 14.7 Å². The van der Waals surface area contributed by atoms with Crippen LogP contribution in [-0.2, 0) is 24.0 Å². The second-order valence-electron chi connectivity index (χ2n) is 4.23. The Morgan fingerprint density at radius 3 is 2.71 bits per heavy atom. The van der Waals surface area contributed by atoms with Crippen LogP contribution in [0.2, 0.25) is 0 Å². The number of H-pyrrole nitrogens is 1. The minimum atomic E-state index is -4.25. The quantitative estimate of drug-likeness (QED) is 0.831. The zero-order valence-corrected chi connectivity index (χ0v) is 9.44. The van der Waals surface area contributed by atoms with Gasteiger partial charge >= 0.3 is 6.18 Å². The predicted molar refractivity (Wildman–Crippen MR) is 55.8 cm³/mol. The van der Waals surface area contributed by atoms with Crippen LogP contribution < -0.4 is 0 Å². The molecule has 0 saturated heterocycles. The summed E-state index contributed by atoms with van der Waals surface area (Å²) in [6, 6.07) is 0. The highest BCUT2D eigenvalue weighted by Crippen LogP contribution is 2.19. The standard InChI is InChI=1S/C11H15F3N2O/c12-11(13,14)7-17-6-5-10-15-8-3-1-2-4-9(8)16-10/h1-7H2,(H,15,16). The number of fused-ring (bicyclic) bond motifs is 1. The molecular formula is C11H15F3N2O. The van der Waals surface area contributed by atoms with Crippen molar-refractivity contribution in [1.82, 2.24) is 9.97 Å². The fourth-order valence-corrected chi connectivity index (χ4v) is 1.99. The molecule has 1 aliphatic carbocycles. The number of imidazole rings is 1. The van der Waals surface area contributed by atoms with Crippen molar-refractivity contribution in [2.24, 2.45) is 0 Å². The van der Waals surface area contributed by atoms with Gasteiger partial charge in [-0.2, -0.15) is 13.2 Å². The van der Waals surface area contributed by atoms with Crippen LogP contribution in [0.4, 0.5) is 13.2 Å². The molecule has 0 radical (unpaired) electrons. The van der Waals surface area contributed by atoms with Crippen LogP contribution in [0.25, 0.3) is 0 Å². The molecule has 1 aromatic heterocycles. The number of aromatic nitrogens is 2. The van der Waals surface area contributed by atoms with Gasteiger partial charge in [-0.15, -0.1) is 0 Å². The van der Waals surface area contributed by atoms with Crippen LogP contribution in [0.1, 0.15) is 30.1 Å². The lowest BCUT2D eigenvalue weighted by Crippen LogP contribution is -2.18. The van der Waals surface area contributed by atoms with E-state index < -0.39 is 12.8 Å². The van der Waals surface area contributed by atoms with Crippen molar-refractivity contribution in [2.45, 2.75) is 38.3 Å². The number of aryl methyl sites for hydroxylation is 2. The van der Waals surface area contributed by atoms with Gasteiger partial charge in [-0.3, -0.25) is 0 Å². The highest BCUT2D eigenvalue weighted by molar-refractivity contribution is 5.17. The van der Waals surface area contributed by atoms with Gasteiger partial charge < -0.3 is 9.72 Å². The first kappa shape index (κ1) is 12.4. The van der Waals surface area contributed by atoms with Gasteiger partial charge in [0.05, 0.1) is 12.3 Å². The van der Waals surface area contributed by atoms with E-state index in [1.807, 2.05) is 0 Å². The molecule has 0 saturated carbocycles. The van der Waals surface area contributed by atoms with E-state index in [-0.39, 0.29) is 6.61 Å². The second kappa shape index (κ2) is 5.08. The van der Waals surface area contributed by atoms with Gasteiger partial charge in [0.25, 0.3) is 0 Å². The van der Waals surface area contributed by atoms with Crippen LogP contribution in [0, 0.1) is 0 Å². The minimum absolute atomic E-state index is 0.0475. The average Bonchev–Trinajstić information content (AvgIpc) is 2.65. The summed E-state index contributed by atoms with van der Waals surface area (Å²) in [5.74, 6) is 0.735. The summed E-state index contributed by atoms with van der Waals surface area (Å²) < 4.78 is 40.0. The Morgan fingerprint density at radius 2 is 2.00 bits per heavy atom. The van der Waals surface area contributed by atoms with Gasteiger partial charge in [0, 0.05) is 12.1 Å². The van der Waals surface area contributed by atoms with Crippen molar-refractivity contribution < 1.29 is 17.9 Å². The molecule has 0 aromatic carbocycles. The van der Waals surface area contributed by atoms with Gasteiger partial charge in [-0.25, -0.2) is 4.98 Å². The third-order valence-corrected chi connectivity index (χ3v) is 2.75. The lowest BCUT2D eigenvalue weighted by atomic mass is 10.0. The monoisotopic (exact) mass is 248 g/mol. The fraction of sp³-hybridized carbons (Fsp3) is 0.727. The molecule has 1 aliphatic rings. The third kappa shape index (κ3) is 3.73. The van der Waals surface area contributed by atoms with Crippen molar-refractivity contribution in [2.75, 3.05) is 13.2 Å². The molecule has 6 heteroatoms.